The van der Waals surface area contributed by atoms with Gasteiger partial charge in [-0.25, -0.2) is 4.98 Å². The Morgan fingerprint density at radius 3 is 2.69 bits per heavy atom. The van der Waals surface area contributed by atoms with Crippen molar-refractivity contribution < 1.29 is 9.53 Å². The number of fused-ring (bicyclic) bond motifs is 1. The molecule has 4 heterocycles. The number of aryl methyl sites for hydroxylation is 1. The molecule has 1 unspecified atom stereocenters. The van der Waals surface area contributed by atoms with Crippen molar-refractivity contribution in [3.63, 3.8) is 0 Å². The number of ether oxygens (including phenoxy) is 1. The zero-order chi connectivity index (χ0) is 18.1. The van der Waals surface area contributed by atoms with Gasteiger partial charge in [-0.3, -0.25) is 14.4 Å². The van der Waals surface area contributed by atoms with E-state index >= 15 is 0 Å². The molecule has 140 valence electrons. The summed E-state index contributed by atoms with van der Waals surface area (Å²) in [6, 6.07) is 4.01. The fraction of sp³-hybridized carbons (Fsp3) is 0.632. The van der Waals surface area contributed by atoms with Gasteiger partial charge in [0.1, 0.15) is 0 Å². The van der Waals surface area contributed by atoms with Crippen LogP contribution in [-0.2, 0) is 16.6 Å². The lowest BCUT2D eigenvalue weighted by Crippen LogP contribution is -2.52. The summed E-state index contributed by atoms with van der Waals surface area (Å²) in [5, 5.41) is 5.86. The molecule has 2 fully saturated rings. The molecule has 1 amide bonds. The zero-order valence-corrected chi connectivity index (χ0v) is 15.6. The minimum Gasteiger partial charge on any atom is -0.379 e. The summed E-state index contributed by atoms with van der Waals surface area (Å²) in [6.07, 6.45) is 3.73. The molecule has 0 N–H and O–H groups in total. The van der Waals surface area contributed by atoms with E-state index in [2.05, 4.69) is 16.0 Å². The van der Waals surface area contributed by atoms with E-state index < -0.39 is 0 Å². The Hall–Kier alpha value is -1.99. The van der Waals surface area contributed by atoms with Gasteiger partial charge < -0.3 is 9.64 Å². The average molecular weight is 357 g/mol. The van der Waals surface area contributed by atoms with Crippen LogP contribution in [0.5, 0.6) is 0 Å². The van der Waals surface area contributed by atoms with E-state index in [1.807, 2.05) is 35.8 Å². The Bertz CT molecular complexity index is 775. The molecule has 2 aromatic heterocycles. The van der Waals surface area contributed by atoms with Crippen LogP contribution in [0.2, 0.25) is 0 Å². The summed E-state index contributed by atoms with van der Waals surface area (Å²) in [4.78, 5) is 21.6. The number of amides is 1. The molecule has 0 aliphatic carbocycles. The highest BCUT2D eigenvalue weighted by atomic mass is 16.5. The highest BCUT2D eigenvalue weighted by molar-refractivity contribution is 5.82. The molecule has 7 nitrogen and oxygen atoms in total. The highest BCUT2D eigenvalue weighted by Gasteiger charge is 2.31. The maximum atomic E-state index is 12.9. The average Bonchev–Trinajstić information content (AvgIpc) is 3.05. The number of hydrogen-bond acceptors (Lipinski definition) is 5. The van der Waals surface area contributed by atoms with Crippen LogP contribution in [0.25, 0.3) is 11.0 Å². The third kappa shape index (κ3) is 3.21. The molecule has 4 rings (SSSR count). The number of likely N-dealkylation sites (tertiary alicyclic amines) is 1. The summed E-state index contributed by atoms with van der Waals surface area (Å²) in [5.74, 6) is 0.642. The number of morpholine rings is 1. The largest absolute Gasteiger partial charge is 0.379 e. The molecule has 0 bridgehead atoms. The zero-order valence-electron chi connectivity index (χ0n) is 15.6. The van der Waals surface area contributed by atoms with Gasteiger partial charge in [0.2, 0.25) is 5.91 Å². The Morgan fingerprint density at radius 2 is 1.96 bits per heavy atom. The first kappa shape index (κ1) is 17.4. The van der Waals surface area contributed by atoms with Crippen molar-refractivity contribution in [1.82, 2.24) is 24.6 Å². The van der Waals surface area contributed by atoms with Crippen molar-refractivity contribution in [1.29, 1.82) is 0 Å². The fourth-order valence-electron chi connectivity index (χ4n) is 4.18. The van der Waals surface area contributed by atoms with Gasteiger partial charge in [0.15, 0.2) is 5.65 Å². The van der Waals surface area contributed by atoms with E-state index in [1.165, 1.54) is 0 Å². The second kappa shape index (κ2) is 7.32. The molecule has 0 radical (unpaired) electrons. The van der Waals surface area contributed by atoms with Crippen molar-refractivity contribution in [3.8, 4) is 0 Å². The molecule has 26 heavy (non-hydrogen) atoms. The van der Waals surface area contributed by atoms with Gasteiger partial charge in [-0.05, 0) is 31.9 Å². The molecule has 2 aliphatic heterocycles. The smallest absolute Gasteiger partial charge is 0.239 e. The second-order valence-electron chi connectivity index (χ2n) is 7.31. The van der Waals surface area contributed by atoms with Crippen molar-refractivity contribution in [2.24, 2.45) is 7.05 Å². The first-order chi connectivity index (χ1) is 12.6. The van der Waals surface area contributed by atoms with Crippen LogP contribution in [0, 0.1) is 0 Å². The summed E-state index contributed by atoms with van der Waals surface area (Å²) >= 11 is 0. The Labute approximate surface area is 153 Å². The molecule has 0 aromatic carbocycles. The summed E-state index contributed by atoms with van der Waals surface area (Å²) < 4.78 is 7.26. The minimum absolute atomic E-state index is 0.0599. The third-order valence-electron chi connectivity index (χ3n) is 5.77. The van der Waals surface area contributed by atoms with Gasteiger partial charge in [-0.15, -0.1) is 0 Å². The van der Waals surface area contributed by atoms with E-state index in [-0.39, 0.29) is 11.9 Å². The minimum atomic E-state index is -0.0599. The van der Waals surface area contributed by atoms with Crippen LogP contribution in [0.1, 0.15) is 31.4 Å². The maximum Gasteiger partial charge on any atom is 0.239 e. The normalized spacial score (nSPS) is 21.2. The van der Waals surface area contributed by atoms with Gasteiger partial charge in [-0.2, -0.15) is 5.10 Å². The first-order valence-electron chi connectivity index (χ1n) is 9.53. The van der Waals surface area contributed by atoms with E-state index in [0.717, 1.165) is 69.0 Å². The van der Waals surface area contributed by atoms with E-state index in [4.69, 9.17) is 9.84 Å². The first-order valence-corrected chi connectivity index (χ1v) is 9.53. The van der Waals surface area contributed by atoms with E-state index in [9.17, 15) is 4.79 Å². The summed E-state index contributed by atoms with van der Waals surface area (Å²) in [6.45, 7) is 6.76. The molecule has 2 saturated heterocycles. The van der Waals surface area contributed by atoms with E-state index in [0.29, 0.717) is 5.92 Å². The number of pyridine rings is 1. The lowest BCUT2D eigenvalue weighted by atomic mass is 9.91. The van der Waals surface area contributed by atoms with Crippen molar-refractivity contribution in [2.75, 3.05) is 39.4 Å². The summed E-state index contributed by atoms with van der Waals surface area (Å²) in [7, 11) is 1.95. The molecule has 2 aliphatic rings. The van der Waals surface area contributed by atoms with E-state index in [1.54, 1.807) is 0 Å². The van der Waals surface area contributed by atoms with Crippen LogP contribution in [0.3, 0.4) is 0 Å². The van der Waals surface area contributed by atoms with Gasteiger partial charge in [0.25, 0.3) is 0 Å². The van der Waals surface area contributed by atoms with Crippen LogP contribution >= 0.6 is 0 Å². The highest BCUT2D eigenvalue weighted by Crippen LogP contribution is 2.31. The molecule has 1 atom stereocenters. The molecular formula is C19H27N5O2. The van der Waals surface area contributed by atoms with Gasteiger partial charge in [0, 0.05) is 50.7 Å². The third-order valence-corrected chi connectivity index (χ3v) is 5.77. The molecule has 0 saturated carbocycles. The van der Waals surface area contributed by atoms with Crippen molar-refractivity contribution in [3.05, 3.63) is 24.0 Å². The number of aromatic nitrogens is 3. The predicted octanol–water partition coefficient (Wildman–Crippen LogP) is 1.39. The number of carbonyl (C=O) groups is 1. The van der Waals surface area contributed by atoms with Crippen molar-refractivity contribution >= 4 is 16.9 Å². The second-order valence-corrected chi connectivity index (χ2v) is 7.31. The topological polar surface area (TPSA) is 63.5 Å². The SMILES string of the molecule is CC(C(=O)N1CCC(c2nn(C)c3ncccc23)CC1)N1CCOCC1. The monoisotopic (exact) mass is 357 g/mol. The fourth-order valence-corrected chi connectivity index (χ4v) is 4.18. The van der Waals surface area contributed by atoms with Gasteiger partial charge in [-0.1, -0.05) is 0 Å². The van der Waals surface area contributed by atoms with Gasteiger partial charge in [0.05, 0.1) is 24.9 Å². The standard InChI is InChI=1S/C19H27N5O2/c1-14(23-10-12-26-13-11-23)19(25)24-8-5-15(6-9-24)17-16-4-3-7-20-18(16)22(2)21-17/h3-4,7,14-15H,5-6,8-13H2,1-2H3. The molecular weight excluding hydrogens is 330 g/mol. The Balaban J connectivity index is 1.41. The molecule has 2 aromatic rings. The van der Waals surface area contributed by atoms with Crippen LogP contribution < -0.4 is 0 Å². The number of rotatable bonds is 3. The number of hydrogen-bond donors (Lipinski definition) is 0. The summed E-state index contributed by atoms with van der Waals surface area (Å²) in [5.41, 5.74) is 2.06. The van der Waals surface area contributed by atoms with Crippen molar-refractivity contribution in [2.45, 2.75) is 31.7 Å². The maximum absolute atomic E-state index is 12.9. The Morgan fingerprint density at radius 1 is 1.23 bits per heavy atom. The number of piperidine rings is 1. The van der Waals surface area contributed by atoms with Crippen LogP contribution in [0.4, 0.5) is 0 Å². The quantitative estimate of drug-likeness (QED) is 0.831. The lowest BCUT2D eigenvalue weighted by molar-refractivity contribution is -0.139. The van der Waals surface area contributed by atoms with Gasteiger partial charge >= 0.3 is 0 Å². The lowest BCUT2D eigenvalue weighted by Gasteiger charge is -2.37. The van der Waals surface area contributed by atoms with Crippen LogP contribution in [0.15, 0.2) is 18.3 Å². The Kier molecular flexibility index (Phi) is 4.91. The number of carbonyl (C=O) groups excluding carboxylic acids is 1. The van der Waals surface area contributed by atoms with Crippen LogP contribution in [-0.4, -0.2) is 75.9 Å². The number of nitrogens with zero attached hydrogens (tertiary/aromatic N) is 5. The molecule has 7 heteroatoms. The predicted molar refractivity (Wildman–Crippen MR) is 98.9 cm³/mol. The molecule has 0 spiro atoms.